The van der Waals surface area contributed by atoms with Gasteiger partial charge in [0.2, 0.25) is 12.5 Å². The highest BCUT2D eigenvalue weighted by atomic mass is 19.1. The second-order valence-electron chi connectivity index (χ2n) is 9.03. The van der Waals surface area contributed by atoms with Gasteiger partial charge < -0.3 is 34.1 Å². The van der Waals surface area contributed by atoms with Crippen LogP contribution in [0, 0.1) is 17.7 Å². The fourth-order valence-corrected chi connectivity index (χ4v) is 5.57. The minimum absolute atomic E-state index is 0.106. The van der Waals surface area contributed by atoms with Crippen LogP contribution in [-0.4, -0.2) is 38.7 Å². The van der Waals surface area contributed by atoms with Gasteiger partial charge in [-0.1, -0.05) is 0 Å². The molecule has 2 N–H and O–H groups in total. The van der Waals surface area contributed by atoms with E-state index in [1.54, 1.807) is 24.3 Å². The van der Waals surface area contributed by atoms with Crippen molar-refractivity contribution in [3.05, 3.63) is 71.0 Å². The van der Waals surface area contributed by atoms with Gasteiger partial charge in [0.25, 0.3) is 0 Å². The number of carbonyl (C=O) groups is 1. The van der Waals surface area contributed by atoms with Crippen molar-refractivity contribution in [3.63, 3.8) is 0 Å². The summed E-state index contributed by atoms with van der Waals surface area (Å²) in [5.41, 5.74) is 3.22. The molecule has 3 aromatic rings. The van der Waals surface area contributed by atoms with Gasteiger partial charge in [-0.3, -0.25) is 4.79 Å². The maximum absolute atomic E-state index is 13.6. The number of fused-ring (bicyclic) bond motifs is 3. The number of aromatic hydroxyl groups is 1. The SMILES string of the molecule is COc1cc([C@@H]2c3cc4c(cc3C(Nc3ccc(F)cc3)[C@H]3COC(=O)[C@H]23)OCO4)cc(OC)c1O. The molecule has 3 aliphatic rings. The summed E-state index contributed by atoms with van der Waals surface area (Å²) >= 11 is 0. The first-order chi connectivity index (χ1) is 17.5. The molecule has 9 heteroatoms. The minimum Gasteiger partial charge on any atom is -0.502 e. The average Bonchev–Trinajstić information content (AvgIpc) is 3.51. The molecular formula is C27H24FNO7. The summed E-state index contributed by atoms with van der Waals surface area (Å²) in [6, 6.07) is 13.0. The molecule has 1 unspecified atom stereocenters. The molecule has 0 amide bonds. The van der Waals surface area contributed by atoms with Crippen molar-refractivity contribution < 1.29 is 38.0 Å². The zero-order chi connectivity index (χ0) is 25.0. The lowest BCUT2D eigenvalue weighted by Gasteiger charge is -2.40. The Morgan fingerprint density at radius 3 is 2.22 bits per heavy atom. The highest BCUT2D eigenvalue weighted by Crippen LogP contribution is 2.56. The number of halogens is 1. The Labute approximate surface area is 206 Å². The summed E-state index contributed by atoms with van der Waals surface area (Å²) in [6.07, 6.45) is 0. The summed E-state index contributed by atoms with van der Waals surface area (Å²) in [7, 11) is 2.92. The van der Waals surface area contributed by atoms with E-state index in [-0.39, 0.29) is 54.4 Å². The first kappa shape index (κ1) is 22.3. The highest BCUT2D eigenvalue weighted by molar-refractivity contribution is 5.79. The molecule has 0 bridgehead atoms. The molecule has 0 aromatic heterocycles. The highest BCUT2D eigenvalue weighted by Gasteiger charge is 2.52. The van der Waals surface area contributed by atoms with Gasteiger partial charge in [-0.2, -0.15) is 0 Å². The number of hydrogen-bond donors (Lipinski definition) is 2. The van der Waals surface area contributed by atoms with E-state index in [0.717, 1.165) is 22.4 Å². The third kappa shape index (κ3) is 3.45. The normalized spacial score (nSPS) is 23.5. The fourth-order valence-electron chi connectivity index (χ4n) is 5.57. The van der Waals surface area contributed by atoms with Gasteiger partial charge in [-0.25, -0.2) is 4.39 Å². The van der Waals surface area contributed by atoms with Crippen LogP contribution in [0.3, 0.4) is 0 Å². The van der Waals surface area contributed by atoms with E-state index in [2.05, 4.69) is 5.32 Å². The number of phenolic OH excluding ortho intramolecular Hbond substituents is 1. The molecule has 36 heavy (non-hydrogen) atoms. The standard InChI is InChI=1S/C27H24FNO7/c1-32-21-7-13(8-22(33-2)26(21)30)23-16-9-19-20(36-12-35-19)10-17(16)25(18-11-34-27(31)24(18)23)29-15-5-3-14(28)4-6-15/h3-10,18,23-25,29-30H,11-12H2,1-2H3/t18-,23+,24-,25?/m0/s1. The number of methoxy groups -OCH3 is 2. The van der Waals surface area contributed by atoms with E-state index in [0.29, 0.717) is 11.5 Å². The average molecular weight is 493 g/mol. The van der Waals surface area contributed by atoms with Gasteiger partial charge in [-0.05, 0) is 65.2 Å². The molecular weight excluding hydrogens is 469 g/mol. The predicted molar refractivity (Wildman–Crippen MR) is 126 cm³/mol. The molecule has 4 atom stereocenters. The van der Waals surface area contributed by atoms with Gasteiger partial charge in [0.05, 0.1) is 32.8 Å². The van der Waals surface area contributed by atoms with Gasteiger partial charge >= 0.3 is 5.97 Å². The van der Waals surface area contributed by atoms with Crippen molar-refractivity contribution >= 4 is 11.7 Å². The second-order valence-corrected chi connectivity index (χ2v) is 9.03. The van der Waals surface area contributed by atoms with Gasteiger partial charge in [0.1, 0.15) is 5.82 Å². The summed E-state index contributed by atoms with van der Waals surface area (Å²) in [5, 5.41) is 14.0. The first-order valence-corrected chi connectivity index (χ1v) is 11.6. The maximum Gasteiger partial charge on any atom is 0.310 e. The number of phenols is 1. The van der Waals surface area contributed by atoms with E-state index in [9.17, 15) is 14.3 Å². The number of esters is 1. The maximum atomic E-state index is 13.6. The van der Waals surface area contributed by atoms with Crippen molar-refractivity contribution in [1.29, 1.82) is 0 Å². The molecule has 6 rings (SSSR count). The number of nitrogens with one attached hydrogen (secondary N) is 1. The summed E-state index contributed by atoms with van der Waals surface area (Å²) in [5.74, 6) is -0.283. The number of rotatable bonds is 5. The second kappa shape index (κ2) is 8.51. The van der Waals surface area contributed by atoms with E-state index in [4.69, 9.17) is 23.7 Å². The van der Waals surface area contributed by atoms with Crippen LogP contribution in [0.4, 0.5) is 10.1 Å². The predicted octanol–water partition coefficient (Wildman–Crippen LogP) is 4.37. The Morgan fingerprint density at radius 2 is 1.58 bits per heavy atom. The molecule has 1 fully saturated rings. The molecule has 1 aliphatic carbocycles. The number of cyclic esters (lactones) is 1. The lowest BCUT2D eigenvalue weighted by molar-refractivity contribution is -0.141. The Morgan fingerprint density at radius 1 is 0.944 bits per heavy atom. The van der Waals surface area contributed by atoms with Crippen LogP contribution in [0.25, 0.3) is 0 Å². The van der Waals surface area contributed by atoms with Crippen LogP contribution in [0.5, 0.6) is 28.7 Å². The van der Waals surface area contributed by atoms with Crippen molar-refractivity contribution in [2.75, 3.05) is 32.9 Å². The Bertz CT molecular complexity index is 1320. The van der Waals surface area contributed by atoms with Crippen molar-refractivity contribution in [2.24, 2.45) is 11.8 Å². The quantitative estimate of drug-likeness (QED) is 0.506. The van der Waals surface area contributed by atoms with E-state index in [1.807, 2.05) is 12.1 Å². The zero-order valence-electron chi connectivity index (χ0n) is 19.6. The molecule has 0 saturated carbocycles. The number of ether oxygens (including phenoxy) is 5. The minimum atomic E-state index is -0.533. The molecule has 2 heterocycles. The third-order valence-corrected chi connectivity index (χ3v) is 7.21. The zero-order valence-corrected chi connectivity index (χ0v) is 19.6. The molecule has 8 nitrogen and oxygen atoms in total. The number of carbonyl (C=O) groups excluding carboxylic acids is 1. The topological polar surface area (TPSA) is 95.5 Å². The molecule has 186 valence electrons. The molecule has 0 radical (unpaired) electrons. The summed E-state index contributed by atoms with van der Waals surface area (Å²) in [4.78, 5) is 13.2. The Hall–Kier alpha value is -4.14. The lowest BCUT2D eigenvalue weighted by Crippen LogP contribution is -2.37. The molecule has 1 saturated heterocycles. The van der Waals surface area contributed by atoms with Crippen LogP contribution in [0.1, 0.15) is 28.7 Å². The third-order valence-electron chi connectivity index (χ3n) is 7.21. The van der Waals surface area contributed by atoms with Crippen molar-refractivity contribution in [3.8, 4) is 28.7 Å². The van der Waals surface area contributed by atoms with E-state index >= 15 is 0 Å². The monoisotopic (exact) mass is 493 g/mol. The Kier molecular flexibility index (Phi) is 5.28. The van der Waals surface area contributed by atoms with Crippen LogP contribution in [0.15, 0.2) is 48.5 Å². The van der Waals surface area contributed by atoms with Crippen LogP contribution in [0.2, 0.25) is 0 Å². The number of anilines is 1. The smallest absolute Gasteiger partial charge is 0.310 e. The molecule has 0 spiro atoms. The molecule has 3 aromatic carbocycles. The molecule has 2 aliphatic heterocycles. The number of benzene rings is 3. The lowest BCUT2D eigenvalue weighted by atomic mass is 9.65. The van der Waals surface area contributed by atoms with Crippen LogP contribution in [-0.2, 0) is 9.53 Å². The fraction of sp³-hybridized carbons (Fsp3) is 0.296. The number of hydrogen-bond acceptors (Lipinski definition) is 8. The summed E-state index contributed by atoms with van der Waals surface area (Å²) in [6.45, 7) is 0.327. The first-order valence-electron chi connectivity index (χ1n) is 11.6. The van der Waals surface area contributed by atoms with Crippen molar-refractivity contribution in [2.45, 2.75) is 12.0 Å². The largest absolute Gasteiger partial charge is 0.502 e. The van der Waals surface area contributed by atoms with Gasteiger partial charge in [-0.15, -0.1) is 0 Å². The van der Waals surface area contributed by atoms with Crippen molar-refractivity contribution in [1.82, 2.24) is 0 Å². The van der Waals surface area contributed by atoms with Crippen LogP contribution < -0.4 is 24.3 Å². The van der Waals surface area contributed by atoms with E-state index < -0.39 is 11.8 Å². The van der Waals surface area contributed by atoms with Gasteiger partial charge in [0, 0.05) is 17.5 Å². The van der Waals surface area contributed by atoms with E-state index in [1.165, 1.54) is 26.4 Å². The van der Waals surface area contributed by atoms with Crippen LogP contribution >= 0.6 is 0 Å². The summed E-state index contributed by atoms with van der Waals surface area (Å²) < 4.78 is 41.3. The Balaban J connectivity index is 1.55. The van der Waals surface area contributed by atoms with Gasteiger partial charge in [0.15, 0.2) is 23.0 Å².